The Morgan fingerprint density at radius 3 is 2.74 bits per heavy atom. The highest BCUT2D eigenvalue weighted by Gasteiger charge is 2.25. The van der Waals surface area contributed by atoms with E-state index in [-0.39, 0.29) is 31.6 Å². The molecule has 2 N–H and O–H groups in total. The summed E-state index contributed by atoms with van der Waals surface area (Å²) in [4.78, 5) is 28.2. The topological polar surface area (TPSA) is 81.3 Å². The van der Waals surface area contributed by atoms with Gasteiger partial charge in [0.05, 0.1) is 17.8 Å². The number of nitrogens with one attached hydrogen (secondary N) is 2. The number of halogens is 1. The Kier molecular flexibility index (Phi) is 6.26. The number of H-pyrrole nitrogens is 1. The van der Waals surface area contributed by atoms with Gasteiger partial charge in [0.2, 0.25) is 0 Å². The fourth-order valence-electron chi connectivity index (χ4n) is 3.61. The third-order valence-electron chi connectivity index (χ3n) is 5.25. The van der Waals surface area contributed by atoms with Crippen molar-refractivity contribution in [1.29, 1.82) is 0 Å². The second-order valence-electron chi connectivity index (χ2n) is 7.38. The van der Waals surface area contributed by atoms with Gasteiger partial charge in [-0.15, -0.1) is 0 Å². The first-order chi connectivity index (χ1) is 15.1. The number of likely N-dealkylation sites (tertiary alicyclic amines) is 1. The summed E-state index contributed by atoms with van der Waals surface area (Å²) in [5.41, 5.74) is 2.30. The van der Waals surface area contributed by atoms with E-state index in [1.54, 1.807) is 11.0 Å². The van der Waals surface area contributed by atoms with Crippen molar-refractivity contribution < 1.29 is 14.0 Å². The van der Waals surface area contributed by atoms with Gasteiger partial charge in [0.25, 0.3) is 5.91 Å². The van der Waals surface area contributed by atoms with Crippen molar-refractivity contribution in [2.24, 2.45) is 0 Å². The van der Waals surface area contributed by atoms with E-state index in [1.807, 2.05) is 54.6 Å². The molecule has 2 heterocycles. The normalized spacial score (nSPS) is 16.2. The average molecular weight is 421 g/mol. The van der Waals surface area contributed by atoms with Crippen LogP contribution in [0.3, 0.4) is 0 Å². The largest absolute Gasteiger partial charge is 0.336 e. The number of alkyl halides is 1. The van der Waals surface area contributed by atoms with Gasteiger partial charge in [-0.05, 0) is 30.7 Å². The summed E-state index contributed by atoms with van der Waals surface area (Å²) in [6.07, 6.45) is 2.57. The predicted molar refractivity (Wildman–Crippen MR) is 118 cm³/mol. The molecule has 31 heavy (non-hydrogen) atoms. The van der Waals surface area contributed by atoms with Gasteiger partial charge < -0.3 is 15.1 Å². The van der Waals surface area contributed by atoms with Crippen LogP contribution in [0.5, 0.6) is 0 Å². The van der Waals surface area contributed by atoms with Gasteiger partial charge in [0, 0.05) is 36.8 Å². The standard InChI is InChI=1S/C23H24FN5O2/c24-17-12-14-28(16-17)23(31)25-13-15-29(18-6-2-1-3-7-18)22(30)11-10-21-19-8-4-5-9-20(19)26-27-21/h1-11,17H,12-16H2,(H,25,31)(H,26,27)/b11-10+/t17-/m0/s1. The first-order valence-electron chi connectivity index (χ1n) is 10.3. The Labute approximate surface area is 179 Å². The number of aromatic nitrogens is 2. The van der Waals surface area contributed by atoms with E-state index in [4.69, 9.17) is 0 Å². The fourth-order valence-corrected chi connectivity index (χ4v) is 3.61. The fraction of sp³-hybridized carbons (Fsp3) is 0.261. The van der Waals surface area contributed by atoms with Crippen molar-refractivity contribution in [1.82, 2.24) is 20.4 Å². The number of urea groups is 1. The molecular weight excluding hydrogens is 397 g/mol. The molecule has 8 heteroatoms. The molecule has 1 atom stereocenters. The molecule has 1 aliphatic rings. The molecule has 3 amide bonds. The summed E-state index contributed by atoms with van der Waals surface area (Å²) in [6.45, 7) is 1.07. The van der Waals surface area contributed by atoms with Crippen molar-refractivity contribution in [2.75, 3.05) is 31.1 Å². The maximum absolute atomic E-state index is 13.3. The van der Waals surface area contributed by atoms with Gasteiger partial charge in [0.15, 0.2) is 0 Å². The van der Waals surface area contributed by atoms with Gasteiger partial charge >= 0.3 is 6.03 Å². The van der Waals surface area contributed by atoms with Crippen molar-refractivity contribution in [3.63, 3.8) is 0 Å². The van der Waals surface area contributed by atoms with Crippen molar-refractivity contribution in [2.45, 2.75) is 12.6 Å². The summed E-state index contributed by atoms with van der Waals surface area (Å²) in [5, 5.41) is 10.9. The van der Waals surface area contributed by atoms with Crippen LogP contribution in [-0.4, -0.2) is 59.4 Å². The van der Waals surface area contributed by atoms with Crippen LogP contribution < -0.4 is 10.2 Å². The number of rotatable bonds is 6. The highest BCUT2D eigenvalue weighted by atomic mass is 19.1. The maximum Gasteiger partial charge on any atom is 0.317 e. The summed E-state index contributed by atoms with van der Waals surface area (Å²) in [7, 11) is 0. The summed E-state index contributed by atoms with van der Waals surface area (Å²) in [6, 6.07) is 16.6. The van der Waals surface area contributed by atoms with Crippen LogP contribution in [0.2, 0.25) is 0 Å². The molecule has 0 saturated carbocycles. The van der Waals surface area contributed by atoms with E-state index < -0.39 is 6.17 Å². The molecular formula is C23H24FN5O2. The highest BCUT2D eigenvalue weighted by Crippen LogP contribution is 2.18. The summed E-state index contributed by atoms with van der Waals surface area (Å²) < 4.78 is 13.3. The molecule has 1 aromatic heterocycles. The van der Waals surface area contributed by atoms with E-state index in [1.165, 1.54) is 11.0 Å². The van der Waals surface area contributed by atoms with Crippen LogP contribution in [0.25, 0.3) is 17.0 Å². The molecule has 4 rings (SSSR count). The Balaban J connectivity index is 1.43. The van der Waals surface area contributed by atoms with E-state index in [0.29, 0.717) is 18.7 Å². The number of fused-ring (bicyclic) bond motifs is 1. The quantitative estimate of drug-likeness (QED) is 0.599. The van der Waals surface area contributed by atoms with E-state index in [9.17, 15) is 14.0 Å². The second-order valence-corrected chi connectivity index (χ2v) is 7.38. The van der Waals surface area contributed by atoms with Gasteiger partial charge in [-0.3, -0.25) is 9.89 Å². The molecule has 0 spiro atoms. The number of anilines is 1. The van der Waals surface area contributed by atoms with Crippen molar-refractivity contribution >= 4 is 34.6 Å². The lowest BCUT2D eigenvalue weighted by Crippen LogP contribution is -2.43. The zero-order valence-electron chi connectivity index (χ0n) is 17.0. The predicted octanol–water partition coefficient (Wildman–Crippen LogP) is 3.36. The number of carbonyl (C=O) groups is 2. The smallest absolute Gasteiger partial charge is 0.317 e. The van der Waals surface area contributed by atoms with E-state index in [0.717, 1.165) is 16.6 Å². The zero-order chi connectivity index (χ0) is 21.6. The second kappa shape index (κ2) is 9.42. The Morgan fingerprint density at radius 1 is 1.19 bits per heavy atom. The van der Waals surface area contributed by atoms with Crippen LogP contribution in [0.1, 0.15) is 12.1 Å². The zero-order valence-corrected chi connectivity index (χ0v) is 17.0. The number of nitrogens with zero attached hydrogens (tertiary/aromatic N) is 3. The Hall–Kier alpha value is -3.68. The van der Waals surface area contributed by atoms with Gasteiger partial charge in [0.1, 0.15) is 6.17 Å². The average Bonchev–Trinajstić information content (AvgIpc) is 3.42. The molecule has 1 fully saturated rings. The molecule has 0 unspecified atom stereocenters. The first-order valence-corrected chi connectivity index (χ1v) is 10.3. The van der Waals surface area contributed by atoms with Crippen molar-refractivity contribution in [3.05, 3.63) is 66.4 Å². The number of para-hydroxylation sites is 2. The minimum absolute atomic E-state index is 0.119. The first kappa shape index (κ1) is 20.6. The third-order valence-corrected chi connectivity index (χ3v) is 5.25. The highest BCUT2D eigenvalue weighted by molar-refractivity contribution is 6.04. The molecule has 7 nitrogen and oxygen atoms in total. The number of hydrogen-bond acceptors (Lipinski definition) is 3. The van der Waals surface area contributed by atoms with E-state index >= 15 is 0 Å². The molecule has 1 saturated heterocycles. The molecule has 160 valence electrons. The monoisotopic (exact) mass is 421 g/mol. The van der Waals surface area contributed by atoms with E-state index in [2.05, 4.69) is 15.5 Å². The molecule has 0 aliphatic carbocycles. The Bertz CT molecular complexity index is 1080. The summed E-state index contributed by atoms with van der Waals surface area (Å²) >= 11 is 0. The number of carbonyl (C=O) groups excluding carboxylic acids is 2. The lowest BCUT2D eigenvalue weighted by molar-refractivity contribution is -0.114. The number of benzene rings is 2. The van der Waals surface area contributed by atoms with Crippen LogP contribution >= 0.6 is 0 Å². The minimum Gasteiger partial charge on any atom is -0.336 e. The maximum atomic E-state index is 13.3. The summed E-state index contributed by atoms with van der Waals surface area (Å²) in [5.74, 6) is -0.225. The van der Waals surface area contributed by atoms with Crippen LogP contribution in [0.15, 0.2) is 60.7 Å². The number of amides is 3. The SMILES string of the molecule is O=C(NCCN(C(=O)/C=C/c1n[nH]c2ccccc12)c1ccccc1)N1CC[C@H](F)C1. The number of aromatic amines is 1. The molecule has 0 radical (unpaired) electrons. The molecule has 0 bridgehead atoms. The lowest BCUT2D eigenvalue weighted by atomic mass is 10.2. The van der Waals surface area contributed by atoms with Crippen LogP contribution in [0, 0.1) is 0 Å². The molecule has 3 aromatic rings. The van der Waals surface area contributed by atoms with Crippen molar-refractivity contribution in [3.8, 4) is 0 Å². The van der Waals surface area contributed by atoms with Gasteiger partial charge in [-0.2, -0.15) is 5.10 Å². The lowest BCUT2D eigenvalue weighted by Gasteiger charge is -2.23. The molecule has 1 aliphatic heterocycles. The van der Waals surface area contributed by atoms with Crippen LogP contribution in [0.4, 0.5) is 14.9 Å². The Morgan fingerprint density at radius 2 is 1.97 bits per heavy atom. The third kappa shape index (κ3) is 4.91. The van der Waals surface area contributed by atoms with Gasteiger partial charge in [-0.1, -0.05) is 36.4 Å². The minimum atomic E-state index is -0.962. The number of hydrogen-bond donors (Lipinski definition) is 2. The van der Waals surface area contributed by atoms with Gasteiger partial charge in [-0.25, -0.2) is 9.18 Å². The molecule has 2 aromatic carbocycles. The van der Waals surface area contributed by atoms with Crippen LogP contribution in [-0.2, 0) is 4.79 Å².